The second-order valence-electron chi connectivity index (χ2n) is 18.8. The molecule has 2 N–H and O–H groups in total. The van der Waals surface area contributed by atoms with Crippen molar-refractivity contribution in [2.45, 2.75) is 91.9 Å². The van der Waals surface area contributed by atoms with E-state index in [1.807, 2.05) is 86.5 Å². The molecule has 2 atom stereocenters. The highest BCUT2D eigenvalue weighted by Crippen LogP contribution is 2.47. The summed E-state index contributed by atoms with van der Waals surface area (Å²) in [4.78, 5) is 33.8. The van der Waals surface area contributed by atoms with E-state index >= 15 is 9.59 Å². The first kappa shape index (κ1) is 52.3. The summed E-state index contributed by atoms with van der Waals surface area (Å²) in [6.45, 7) is 11.7. The standard InChI is InChI=1S/C50H70N4O8S2/c1-9-13-19-39(11-3)37-51-47(43-27-23-41(24-28-43)21-15-31-53(5,6)33-17-35-63(57,58)59)45-46(49(51)55)48(52(50(45)56)38-40(12-4)20-14-10-2)44-29-25-42(26-30-44)22-16-32-54(7,8)34-18-36-64(60,61)62/h23-30,39-40H,9-14,17-20,31-38H2,1-8H3/p+2. The van der Waals surface area contributed by atoms with Gasteiger partial charge in [-0.15, -0.1) is 0 Å². The zero-order valence-corrected chi connectivity index (χ0v) is 41.1. The van der Waals surface area contributed by atoms with E-state index in [0.29, 0.717) is 83.6 Å². The molecule has 0 saturated carbocycles. The Labute approximate surface area is 384 Å². The fourth-order valence-electron chi connectivity index (χ4n) is 8.34. The fraction of sp³-hybridized carbons (Fsp3) is 0.560. The Balaban J connectivity index is 1.77. The number of nitrogens with zero attached hydrogens (tertiary/aromatic N) is 4. The van der Waals surface area contributed by atoms with Crippen molar-refractivity contribution in [3.8, 4) is 23.7 Å². The van der Waals surface area contributed by atoms with Crippen LogP contribution in [-0.4, -0.2) is 135 Å². The highest BCUT2D eigenvalue weighted by Gasteiger charge is 2.49. The van der Waals surface area contributed by atoms with Crippen LogP contribution in [0.5, 0.6) is 0 Å². The minimum atomic E-state index is -4.02. The molecule has 0 radical (unpaired) electrons. The third-order valence-corrected chi connectivity index (χ3v) is 13.9. The number of unbranched alkanes of at least 4 members (excludes halogenated alkanes) is 2. The first-order chi connectivity index (χ1) is 30.1. The van der Waals surface area contributed by atoms with Gasteiger partial charge >= 0.3 is 0 Å². The number of carbonyl (C=O) groups excluding carboxylic acids is 2. The van der Waals surface area contributed by atoms with Gasteiger partial charge in [-0.2, -0.15) is 16.8 Å². The summed E-state index contributed by atoms with van der Waals surface area (Å²) in [5.41, 5.74) is 5.25. The van der Waals surface area contributed by atoms with Gasteiger partial charge in [0.2, 0.25) is 0 Å². The lowest BCUT2D eigenvalue weighted by Gasteiger charge is -2.29. The van der Waals surface area contributed by atoms with E-state index in [2.05, 4.69) is 51.4 Å². The van der Waals surface area contributed by atoms with E-state index in [9.17, 15) is 16.8 Å². The summed E-state index contributed by atoms with van der Waals surface area (Å²) in [6, 6.07) is 15.5. The summed E-state index contributed by atoms with van der Waals surface area (Å²) in [5.74, 6) is 12.5. The van der Waals surface area contributed by atoms with Crippen LogP contribution in [0.3, 0.4) is 0 Å². The molecule has 2 amide bonds. The number of amides is 2. The number of hydrogen-bond acceptors (Lipinski definition) is 6. The van der Waals surface area contributed by atoms with Crippen LogP contribution in [0, 0.1) is 35.5 Å². The predicted molar refractivity (Wildman–Crippen MR) is 256 cm³/mol. The zero-order valence-electron chi connectivity index (χ0n) is 39.5. The lowest BCUT2D eigenvalue weighted by molar-refractivity contribution is -0.883. The van der Waals surface area contributed by atoms with Crippen LogP contribution in [-0.2, 0) is 29.8 Å². The summed E-state index contributed by atoms with van der Waals surface area (Å²) in [5, 5.41) is 0. The number of hydrogen-bond donors (Lipinski definition) is 2. The van der Waals surface area contributed by atoms with Gasteiger partial charge in [-0.05, 0) is 71.9 Å². The molecule has 2 heterocycles. The van der Waals surface area contributed by atoms with Crippen LogP contribution < -0.4 is 0 Å². The quantitative estimate of drug-likeness (QED) is 0.0632. The van der Waals surface area contributed by atoms with Crippen molar-refractivity contribution in [3.05, 3.63) is 81.9 Å². The minimum Gasteiger partial charge on any atom is -0.318 e. The number of carbonyl (C=O) groups is 2. The van der Waals surface area contributed by atoms with Crippen LogP contribution in [0.4, 0.5) is 0 Å². The molecule has 2 unspecified atom stereocenters. The second kappa shape index (κ2) is 23.3. The van der Waals surface area contributed by atoms with E-state index in [-0.39, 0.29) is 35.2 Å². The number of fused-ring (bicyclic) bond motifs is 1. The molecule has 0 saturated heterocycles. The maximum absolute atomic E-state index is 15.1. The smallest absolute Gasteiger partial charge is 0.265 e. The van der Waals surface area contributed by atoms with Gasteiger partial charge in [0.1, 0.15) is 13.1 Å². The molecule has 0 bridgehead atoms. The van der Waals surface area contributed by atoms with Gasteiger partial charge in [0, 0.05) is 37.1 Å². The monoisotopic (exact) mass is 920 g/mol. The Morgan fingerprint density at radius 2 is 0.906 bits per heavy atom. The lowest BCUT2D eigenvalue weighted by Crippen LogP contribution is -2.41. The molecule has 2 aliphatic rings. The molecule has 2 aliphatic heterocycles. The van der Waals surface area contributed by atoms with Crippen LogP contribution in [0.15, 0.2) is 59.7 Å². The molecule has 2 aromatic rings. The third-order valence-electron chi connectivity index (χ3n) is 12.3. The van der Waals surface area contributed by atoms with Gasteiger partial charge in [0.25, 0.3) is 32.1 Å². The Kier molecular flexibility index (Phi) is 19.0. The zero-order chi connectivity index (χ0) is 47.3. The van der Waals surface area contributed by atoms with Crippen molar-refractivity contribution >= 4 is 43.4 Å². The molecule has 64 heavy (non-hydrogen) atoms. The van der Waals surface area contributed by atoms with Crippen molar-refractivity contribution < 1.29 is 44.5 Å². The number of benzene rings is 2. The maximum atomic E-state index is 15.1. The normalized spacial score (nSPS) is 15.6. The SMILES string of the molecule is CCCCC(CC)CN1C(=O)C2=C(c3ccc(C#CC[N+](C)(C)CCCS(=O)(=O)O)cc3)N(CC(CC)CCCC)C(=O)C2=C1c1ccc(C#CC[N+](C)(C)CCCS(=O)(=O)O)cc1. The highest BCUT2D eigenvalue weighted by molar-refractivity contribution is 7.86. The second-order valence-corrected chi connectivity index (χ2v) is 21.9. The molecule has 0 aromatic heterocycles. The van der Waals surface area contributed by atoms with E-state index < -0.39 is 20.2 Å². The van der Waals surface area contributed by atoms with Gasteiger partial charge < -0.3 is 18.8 Å². The predicted octanol–water partition coefficient (Wildman–Crippen LogP) is 7.34. The van der Waals surface area contributed by atoms with Gasteiger partial charge in [-0.3, -0.25) is 18.7 Å². The molecule has 14 heteroatoms. The van der Waals surface area contributed by atoms with Gasteiger partial charge in [0.15, 0.2) is 0 Å². The number of quaternary nitrogens is 2. The van der Waals surface area contributed by atoms with E-state index in [4.69, 9.17) is 9.11 Å². The highest BCUT2D eigenvalue weighted by atomic mass is 32.2. The van der Waals surface area contributed by atoms with E-state index in [0.717, 1.165) is 73.6 Å². The summed E-state index contributed by atoms with van der Waals surface area (Å²) < 4.78 is 64.0. The van der Waals surface area contributed by atoms with Gasteiger partial charge in [-0.25, -0.2) is 0 Å². The minimum absolute atomic E-state index is 0.164. The third kappa shape index (κ3) is 15.4. The Hall–Kier alpha value is -4.28. The lowest BCUT2D eigenvalue weighted by atomic mass is 9.97. The topological polar surface area (TPSA) is 149 Å². The molecule has 0 aliphatic carbocycles. The van der Waals surface area contributed by atoms with E-state index in [1.54, 1.807) is 0 Å². The maximum Gasteiger partial charge on any atom is 0.265 e. The Morgan fingerprint density at radius 3 is 1.20 bits per heavy atom. The summed E-state index contributed by atoms with van der Waals surface area (Å²) in [6.07, 6.45) is 8.59. The van der Waals surface area contributed by atoms with Crippen molar-refractivity contribution in [2.24, 2.45) is 11.8 Å². The molecule has 0 spiro atoms. The van der Waals surface area contributed by atoms with Crippen LogP contribution in [0.2, 0.25) is 0 Å². The van der Waals surface area contributed by atoms with Gasteiger partial charge in [0.05, 0.1) is 75.3 Å². The van der Waals surface area contributed by atoms with Crippen LogP contribution in [0.1, 0.15) is 114 Å². The Morgan fingerprint density at radius 1 is 0.562 bits per heavy atom. The van der Waals surface area contributed by atoms with Gasteiger partial charge in [-0.1, -0.05) is 102 Å². The van der Waals surface area contributed by atoms with Crippen molar-refractivity contribution in [1.82, 2.24) is 9.80 Å². The molecule has 4 rings (SSSR count). The molecule has 0 fully saturated rings. The molecule has 350 valence electrons. The van der Waals surface area contributed by atoms with Crippen molar-refractivity contribution in [1.29, 1.82) is 0 Å². The molecular formula is C50H72N4O8S2+2. The first-order valence-electron chi connectivity index (χ1n) is 23.0. The van der Waals surface area contributed by atoms with Crippen LogP contribution >= 0.6 is 0 Å². The van der Waals surface area contributed by atoms with Crippen molar-refractivity contribution in [2.75, 3.05) is 79.0 Å². The molecule has 2 aromatic carbocycles. The number of rotatable bonds is 24. The fourth-order valence-corrected chi connectivity index (χ4v) is 9.33. The summed E-state index contributed by atoms with van der Waals surface area (Å²) in [7, 11) is -0.173. The Bertz CT molecular complexity index is 2200. The first-order valence-corrected chi connectivity index (χ1v) is 26.2. The largest absolute Gasteiger partial charge is 0.318 e. The van der Waals surface area contributed by atoms with E-state index in [1.165, 1.54) is 0 Å². The molecular weight excluding hydrogens is 849 g/mol. The van der Waals surface area contributed by atoms with Crippen LogP contribution in [0.25, 0.3) is 11.4 Å². The molecule has 12 nitrogen and oxygen atoms in total. The van der Waals surface area contributed by atoms with Crippen molar-refractivity contribution in [3.63, 3.8) is 0 Å². The average Bonchev–Trinajstić information content (AvgIpc) is 3.66. The summed E-state index contributed by atoms with van der Waals surface area (Å²) >= 11 is 0. The average molecular weight is 921 g/mol.